The van der Waals surface area contributed by atoms with Crippen LogP contribution in [0.4, 0.5) is 0 Å². The third-order valence-electron chi connectivity index (χ3n) is 4.01. The van der Waals surface area contributed by atoms with Gasteiger partial charge in [0.15, 0.2) is 0 Å². The van der Waals surface area contributed by atoms with E-state index >= 15 is 0 Å². The minimum Gasteiger partial charge on any atom is -0.490 e. The second kappa shape index (κ2) is 5.93. The normalized spacial score (nSPS) is 21.5. The Morgan fingerprint density at radius 2 is 1.84 bits per heavy atom. The summed E-state index contributed by atoms with van der Waals surface area (Å²) in [6, 6.07) is 7.94. The highest BCUT2D eigenvalue weighted by atomic mass is 16.5. The molecule has 0 aromatic heterocycles. The van der Waals surface area contributed by atoms with Gasteiger partial charge >= 0.3 is 0 Å². The lowest BCUT2D eigenvalue weighted by Crippen LogP contribution is -2.22. The van der Waals surface area contributed by atoms with Gasteiger partial charge in [-0.05, 0) is 62.9 Å². The van der Waals surface area contributed by atoms with Gasteiger partial charge in [-0.25, -0.2) is 0 Å². The molecule has 1 saturated carbocycles. The molecule has 1 N–H and O–H groups in total. The first-order chi connectivity index (χ1) is 9.31. The van der Waals surface area contributed by atoms with E-state index < -0.39 is 0 Å². The van der Waals surface area contributed by atoms with Gasteiger partial charge in [0.25, 0.3) is 0 Å². The van der Waals surface area contributed by atoms with Crippen LogP contribution < -0.4 is 4.74 Å². The van der Waals surface area contributed by atoms with Gasteiger partial charge in [-0.3, -0.25) is 0 Å². The summed E-state index contributed by atoms with van der Waals surface area (Å²) in [4.78, 5) is 2.44. The molecule has 3 heteroatoms. The number of benzene rings is 1. The van der Waals surface area contributed by atoms with E-state index in [0.29, 0.717) is 6.10 Å². The zero-order valence-corrected chi connectivity index (χ0v) is 11.4. The molecule has 3 rings (SSSR count). The summed E-state index contributed by atoms with van der Waals surface area (Å²) in [7, 11) is 0. The van der Waals surface area contributed by atoms with E-state index in [1.165, 1.54) is 38.8 Å². The summed E-state index contributed by atoms with van der Waals surface area (Å²) in [5, 5.41) is 10.2. The van der Waals surface area contributed by atoms with E-state index in [1.807, 2.05) is 24.3 Å². The van der Waals surface area contributed by atoms with Gasteiger partial charge in [0.1, 0.15) is 5.75 Å². The molecule has 0 spiro atoms. The first-order valence-electron chi connectivity index (χ1n) is 7.48. The van der Waals surface area contributed by atoms with Crippen molar-refractivity contribution in [1.82, 2.24) is 4.90 Å². The van der Waals surface area contributed by atoms with Crippen LogP contribution in [0.25, 0.3) is 0 Å². The van der Waals surface area contributed by atoms with Crippen LogP contribution in [0.15, 0.2) is 24.3 Å². The van der Waals surface area contributed by atoms with Crippen LogP contribution in [-0.4, -0.2) is 35.7 Å². The highest BCUT2D eigenvalue weighted by Crippen LogP contribution is 2.28. The van der Waals surface area contributed by atoms with Crippen LogP contribution in [-0.2, 0) is 0 Å². The van der Waals surface area contributed by atoms with Crippen molar-refractivity contribution >= 4 is 0 Å². The topological polar surface area (TPSA) is 32.7 Å². The molecule has 0 radical (unpaired) electrons. The Balaban J connectivity index is 1.48. The first-order valence-corrected chi connectivity index (χ1v) is 7.48. The smallest absolute Gasteiger partial charge is 0.119 e. The summed E-state index contributed by atoms with van der Waals surface area (Å²) in [5.41, 5.74) is 1.00. The van der Waals surface area contributed by atoms with Crippen LogP contribution in [0.1, 0.15) is 43.8 Å². The molecule has 1 aliphatic heterocycles. The lowest BCUT2D eigenvalue weighted by Gasteiger charge is -2.17. The molecule has 19 heavy (non-hydrogen) atoms. The highest BCUT2D eigenvalue weighted by molar-refractivity contribution is 5.29. The van der Waals surface area contributed by atoms with Crippen molar-refractivity contribution in [3.8, 4) is 5.75 Å². The van der Waals surface area contributed by atoms with Crippen LogP contribution >= 0.6 is 0 Å². The Morgan fingerprint density at radius 3 is 2.47 bits per heavy atom. The minimum atomic E-state index is -0.351. The zero-order chi connectivity index (χ0) is 13.1. The number of likely N-dealkylation sites (tertiary alicyclic amines) is 1. The van der Waals surface area contributed by atoms with Gasteiger partial charge in [0.05, 0.1) is 12.2 Å². The maximum Gasteiger partial charge on any atom is 0.119 e. The molecule has 2 fully saturated rings. The molecular formula is C16H23NO2. The van der Waals surface area contributed by atoms with Crippen molar-refractivity contribution in [2.45, 2.75) is 44.3 Å². The van der Waals surface area contributed by atoms with Crippen LogP contribution in [0.2, 0.25) is 0 Å². The predicted molar refractivity (Wildman–Crippen MR) is 75.3 cm³/mol. The molecule has 1 atom stereocenters. The zero-order valence-electron chi connectivity index (χ0n) is 11.4. The first kappa shape index (κ1) is 12.9. The quantitative estimate of drug-likeness (QED) is 0.854. The number of rotatable bonds is 6. The monoisotopic (exact) mass is 261 g/mol. The van der Waals surface area contributed by atoms with E-state index in [4.69, 9.17) is 4.74 Å². The number of hydrogen-bond donors (Lipinski definition) is 1. The SMILES string of the molecule is O[C@@H](CCN1CCCC1)c1ccc(OC2CC2)cc1. The fourth-order valence-electron chi connectivity index (χ4n) is 2.62. The predicted octanol–water partition coefficient (Wildman–Crippen LogP) is 2.75. The molecule has 1 aromatic carbocycles. The van der Waals surface area contributed by atoms with Crippen molar-refractivity contribution in [3.63, 3.8) is 0 Å². The molecule has 1 saturated heterocycles. The van der Waals surface area contributed by atoms with Crippen LogP contribution in [0.3, 0.4) is 0 Å². The third-order valence-corrected chi connectivity index (χ3v) is 4.01. The average molecular weight is 261 g/mol. The van der Waals surface area contributed by atoms with Crippen LogP contribution in [0.5, 0.6) is 5.75 Å². The van der Waals surface area contributed by atoms with Gasteiger partial charge in [-0.1, -0.05) is 12.1 Å². The minimum absolute atomic E-state index is 0.351. The standard InChI is InChI=1S/C16H23NO2/c18-16(9-12-17-10-1-2-11-17)13-3-5-14(6-4-13)19-15-7-8-15/h3-6,15-16,18H,1-2,7-12H2/t16-/m0/s1. The summed E-state index contributed by atoms with van der Waals surface area (Å²) in [6.45, 7) is 3.39. The van der Waals surface area contributed by atoms with E-state index in [-0.39, 0.29) is 6.10 Å². The summed E-state index contributed by atoms with van der Waals surface area (Å²) in [5.74, 6) is 0.929. The second-order valence-electron chi connectivity index (χ2n) is 5.74. The van der Waals surface area contributed by atoms with E-state index in [0.717, 1.165) is 24.3 Å². The molecule has 1 aromatic rings. The number of ether oxygens (including phenoxy) is 1. The van der Waals surface area contributed by atoms with Crippen molar-refractivity contribution in [3.05, 3.63) is 29.8 Å². The molecule has 1 heterocycles. The van der Waals surface area contributed by atoms with Crippen molar-refractivity contribution < 1.29 is 9.84 Å². The highest BCUT2D eigenvalue weighted by Gasteiger charge is 2.23. The summed E-state index contributed by atoms with van der Waals surface area (Å²) >= 11 is 0. The Hall–Kier alpha value is -1.06. The molecular weight excluding hydrogens is 238 g/mol. The molecule has 0 bridgehead atoms. The van der Waals surface area contributed by atoms with Crippen molar-refractivity contribution in [2.75, 3.05) is 19.6 Å². The maximum absolute atomic E-state index is 10.2. The molecule has 104 valence electrons. The lowest BCUT2D eigenvalue weighted by atomic mass is 10.1. The average Bonchev–Trinajstić information content (AvgIpc) is 3.09. The number of nitrogens with zero attached hydrogens (tertiary/aromatic N) is 1. The third kappa shape index (κ3) is 3.71. The van der Waals surface area contributed by atoms with Crippen LogP contribution in [0, 0.1) is 0 Å². The summed E-state index contributed by atoms with van der Waals surface area (Å²) < 4.78 is 5.71. The van der Waals surface area contributed by atoms with Gasteiger partial charge in [-0.2, -0.15) is 0 Å². The van der Waals surface area contributed by atoms with Gasteiger partial charge in [0, 0.05) is 6.54 Å². The van der Waals surface area contributed by atoms with E-state index in [1.54, 1.807) is 0 Å². The second-order valence-corrected chi connectivity index (χ2v) is 5.74. The number of aliphatic hydroxyl groups excluding tert-OH is 1. The Labute approximate surface area is 115 Å². The Kier molecular flexibility index (Phi) is 4.04. The molecule has 0 amide bonds. The van der Waals surface area contributed by atoms with E-state index in [2.05, 4.69) is 4.90 Å². The molecule has 0 unspecified atom stereocenters. The van der Waals surface area contributed by atoms with Gasteiger partial charge < -0.3 is 14.7 Å². The molecule has 1 aliphatic carbocycles. The van der Waals surface area contributed by atoms with Gasteiger partial charge in [0.2, 0.25) is 0 Å². The largest absolute Gasteiger partial charge is 0.490 e. The van der Waals surface area contributed by atoms with Crippen molar-refractivity contribution in [2.24, 2.45) is 0 Å². The lowest BCUT2D eigenvalue weighted by molar-refractivity contribution is 0.149. The number of aliphatic hydroxyl groups is 1. The molecule has 2 aliphatic rings. The Morgan fingerprint density at radius 1 is 1.16 bits per heavy atom. The van der Waals surface area contributed by atoms with Crippen molar-refractivity contribution in [1.29, 1.82) is 0 Å². The molecule has 3 nitrogen and oxygen atoms in total. The summed E-state index contributed by atoms with van der Waals surface area (Å²) in [6.07, 6.45) is 5.89. The van der Waals surface area contributed by atoms with Gasteiger partial charge in [-0.15, -0.1) is 0 Å². The maximum atomic E-state index is 10.2. The number of hydrogen-bond acceptors (Lipinski definition) is 3. The Bertz CT molecular complexity index is 394. The fourth-order valence-corrected chi connectivity index (χ4v) is 2.62. The van der Waals surface area contributed by atoms with E-state index in [9.17, 15) is 5.11 Å². The fraction of sp³-hybridized carbons (Fsp3) is 0.625.